The van der Waals surface area contributed by atoms with Gasteiger partial charge in [-0.25, -0.2) is 0 Å². The summed E-state index contributed by atoms with van der Waals surface area (Å²) in [5, 5.41) is 12.3. The van der Waals surface area contributed by atoms with E-state index in [9.17, 15) is 0 Å². The van der Waals surface area contributed by atoms with E-state index in [2.05, 4.69) is 83.6 Å². The van der Waals surface area contributed by atoms with Crippen molar-refractivity contribution in [3.05, 3.63) is 83.6 Å². The van der Waals surface area contributed by atoms with E-state index in [1.54, 1.807) is 11.3 Å². The molecule has 0 amide bonds. The predicted octanol–water partition coefficient (Wildman–Crippen LogP) is 6.87. The van der Waals surface area contributed by atoms with E-state index in [-0.39, 0.29) is 0 Å². The quantitative estimate of drug-likeness (QED) is 0.234. The summed E-state index contributed by atoms with van der Waals surface area (Å²) in [5.74, 6) is 0. The van der Waals surface area contributed by atoms with E-state index in [0.29, 0.717) is 0 Å². The maximum atomic E-state index is 2.34. The molecule has 4 aromatic carbocycles. The van der Waals surface area contributed by atoms with Gasteiger partial charge in [0, 0.05) is 0 Å². The van der Waals surface area contributed by atoms with E-state index in [0.717, 1.165) is 0 Å². The minimum absolute atomic E-state index is 1.30. The van der Waals surface area contributed by atoms with Gasteiger partial charge in [0.15, 0.2) is 0 Å². The predicted molar refractivity (Wildman–Crippen MR) is 102 cm³/mol. The molecule has 1 heterocycles. The molecular weight excluding hydrogens is 296 g/mol. The van der Waals surface area contributed by atoms with Crippen LogP contribution in [0.1, 0.15) is 0 Å². The highest BCUT2D eigenvalue weighted by atomic mass is 32.1. The van der Waals surface area contributed by atoms with Gasteiger partial charge in [0.05, 0.1) is 0 Å². The van der Waals surface area contributed by atoms with Crippen LogP contribution in [0.25, 0.3) is 43.4 Å². The summed E-state index contributed by atoms with van der Waals surface area (Å²) in [6.45, 7) is 0. The summed E-state index contributed by atoms with van der Waals surface area (Å²) < 4.78 is 0. The lowest BCUT2D eigenvalue weighted by molar-refractivity contribution is 1.75. The molecule has 0 aliphatic heterocycles. The van der Waals surface area contributed by atoms with Crippen LogP contribution in [0.3, 0.4) is 0 Å². The monoisotopic (exact) mass is 310 g/mol. The Morgan fingerprint density at radius 2 is 1.35 bits per heavy atom. The second kappa shape index (κ2) is 4.94. The lowest BCUT2D eigenvalue weighted by Gasteiger charge is -2.12. The Labute approximate surface area is 138 Å². The first-order chi connectivity index (χ1) is 11.4. The third-order valence-corrected chi connectivity index (χ3v) is 5.26. The highest BCUT2D eigenvalue weighted by molar-refractivity contribution is 7.08. The first kappa shape index (κ1) is 12.9. The van der Waals surface area contributed by atoms with Gasteiger partial charge in [-0.3, -0.25) is 0 Å². The SMILES string of the molecule is c1ccc2c(-c3ccsc3)c3ccc4ccccc4c3cc2c1. The minimum Gasteiger partial charge on any atom is -0.152 e. The van der Waals surface area contributed by atoms with Crippen molar-refractivity contribution in [2.24, 2.45) is 0 Å². The summed E-state index contributed by atoms with van der Waals surface area (Å²) in [7, 11) is 0. The molecule has 108 valence electrons. The topological polar surface area (TPSA) is 0 Å². The second-order valence-electron chi connectivity index (χ2n) is 5.87. The summed E-state index contributed by atoms with van der Waals surface area (Å²) in [6, 6.07) is 26.4. The van der Waals surface area contributed by atoms with Gasteiger partial charge in [0.25, 0.3) is 0 Å². The molecule has 0 fully saturated rings. The molecule has 1 heteroatoms. The normalized spacial score (nSPS) is 11.5. The van der Waals surface area contributed by atoms with Crippen molar-refractivity contribution in [2.45, 2.75) is 0 Å². The highest BCUT2D eigenvalue weighted by Crippen LogP contribution is 2.39. The number of benzene rings is 4. The van der Waals surface area contributed by atoms with Crippen molar-refractivity contribution in [1.29, 1.82) is 0 Å². The van der Waals surface area contributed by atoms with Crippen LogP contribution >= 0.6 is 11.3 Å². The maximum Gasteiger partial charge on any atom is -0.00143 e. The summed E-state index contributed by atoms with van der Waals surface area (Å²) in [6.07, 6.45) is 0. The van der Waals surface area contributed by atoms with Gasteiger partial charge in [-0.15, -0.1) is 0 Å². The van der Waals surface area contributed by atoms with Crippen LogP contribution in [-0.4, -0.2) is 0 Å². The van der Waals surface area contributed by atoms with Crippen LogP contribution in [0.15, 0.2) is 83.6 Å². The van der Waals surface area contributed by atoms with Crippen LogP contribution in [-0.2, 0) is 0 Å². The van der Waals surface area contributed by atoms with Crippen LogP contribution in [0, 0.1) is 0 Å². The molecule has 0 atom stereocenters. The summed E-state index contributed by atoms with van der Waals surface area (Å²) in [5.41, 5.74) is 2.66. The summed E-state index contributed by atoms with van der Waals surface area (Å²) in [4.78, 5) is 0. The summed E-state index contributed by atoms with van der Waals surface area (Å²) >= 11 is 1.76. The Morgan fingerprint density at radius 3 is 2.17 bits per heavy atom. The van der Waals surface area contributed by atoms with Gasteiger partial charge in [-0.1, -0.05) is 60.7 Å². The van der Waals surface area contributed by atoms with Crippen LogP contribution < -0.4 is 0 Å². The molecule has 0 saturated heterocycles. The molecule has 0 spiro atoms. The fourth-order valence-electron chi connectivity index (χ4n) is 3.54. The van der Waals surface area contributed by atoms with E-state index >= 15 is 0 Å². The fraction of sp³-hybridized carbons (Fsp3) is 0. The average molecular weight is 310 g/mol. The molecule has 0 saturated carbocycles. The zero-order valence-corrected chi connectivity index (χ0v) is 13.3. The van der Waals surface area contributed by atoms with Gasteiger partial charge in [0.1, 0.15) is 0 Å². The standard InChI is InChI=1S/C22H14S/c1-3-7-18-15(5-1)9-10-20-21(18)13-16-6-2-4-8-19(16)22(20)17-11-12-23-14-17/h1-14H. The van der Waals surface area contributed by atoms with E-state index in [1.165, 1.54) is 43.4 Å². The van der Waals surface area contributed by atoms with E-state index in [4.69, 9.17) is 0 Å². The molecule has 0 radical (unpaired) electrons. The fourth-order valence-corrected chi connectivity index (χ4v) is 4.18. The van der Waals surface area contributed by atoms with Gasteiger partial charge in [-0.2, -0.15) is 11.3 Å². The molecular formula is C22H14S. The Bertz CT molecular complexity index is 1150. The largest absolute Gasteiger partial charge is 0.152 e. The third-order valence-electron chi connectivity index (χ3n) is 4.58. The van der Waals surface area contributed by atoms with Gasteiger partial charge in [-0.05, 0) is 66.3 Å². The lowest BCUT2D eigenvalue weighted by atomic mass is 9.91. The Balaban J connectivity index is 2.08. The van der Waals surface area contributed by atoms with Crippen molar-refractivity contribution in [3.63, 3.8) is 0 Å². The molecule has 0 bridgehead atoms. The first-order valence-electron chi connectivity index (χ1n) is 7.77. The first-order valence-corrected chi connectivity index (χ1v) is 8.72. The van der Waals surface area contributed by atoms with Crippen molar-refractivity contribution < 1.29 is 0 Å². The molecule has 0 aliphatic rings. The Kier molecular flexibility index (Phi) is 2.76. The van der Waals surface area contributed by atoms with Gasteiger partial charge >= 0.3 is 0 Å². The molecule has 0 nitrogen and oxygen atoms in total. The van der Waals surface area contributed by atoms with Crippen LogP contribution in [0.5, 0.6) is 0 Å². The number of rotatable bonds is 1. The van der Waals surface area contributed by atoms with E-state index < -0.39 is 0 Å². The van der Waals surface area contributed by atoms with Crippen molar-refractivity contribution in [2.75, 3.05) is 0 Å². The third kappa shape index (κ3) is 1.90. The van der Waals surface area contributed by atoms with Crippen molar-refractivity contribution in [3.8, 4) is 11.1 Å². The van der Waals surface area contributed by atoms with Gasteiger partial charge < -0.3 is 0 Å². The second-order valence-corrected chi connectivity index (χ2v) is 6.65. The van der Waals surface area contributed by atoms with Crippen molar-refractivity contribution in [1.82, 2.24) is 0 Å². The van der Waals surface area contributed by atoms with Gasteiger partial charge in [0.2, 0.25) is 0 Å². The van der Waals surface area contributed by atoms with Crippen LogP contribution in [0.2, 0.25) is 0 Å². The number of thiophene rings is 1. The van der Waals surface area contributed by atoms with Crippen molar-refractivity contribution >= 4 is 43.7 Å². The molecule has 5 aromatic rings. The maximum absolute atomic E-state index is 2.34. The Hall–Kier alpha value is -2.64. The molecule has 23 heavy (non-hydrogen) atoms. The van der Waals surface area contributed by atoms with Crippen LogP contribution in [0.4, 0.5) is 0 Å². The molecule has 5 rings (SSSR count). The Morgan fingerprint density at radius 1 is 0.565 bits per heavy atom. The zero-order valence-electron chi connectivity index (χ0n) is 12.5. The number of hydrogen-bond donors (Lipinski definition) is 0. The molecule has 1 aromatic heterocycles. The average Bonchev–Trinajstić information content (AvgIpc) is 3.14. The highest BCUT2D eigenvalue weighted by Gasteiger charge is 2.11. The lowest BCUT2D eigenvalue weighted by Crippen LogP contribution is -1.85. The zero-order chi connectivity index (χ0) is 15.2. The molecule has 0 unspecified atom stereocenters. The van der Waals surface area contributed by atoms with E-state index in [1.807, 2.05) is 0 Å². The minimum atomic E-state index is 1.30. The number of fused-ring (bicyclic) bond motifs is 4. The molecule has 0 aliphatic carbocycles. The number of hydrogen-bond acceptors (Lipinski definition) is 1. The smallest absolute Gasteiger partial charge is 0.00143 e. The molecule has 0 N–H and O–H groups in total.